The molecule has 0 aliphatic rings. The van der Waals surface area contributed by atoms with Gasteiger partial charge in [0.15, 0.2) is 0 Å². The lowest BCUT2D eigenvalue weighted by Crippen LogP contribution is -2.59. The Bertz CT molecular complexity index is 548. The lowest BCUT2D eigenvalue weighted by atomic mass is 9.97. The monoisotopic (exact) mass is 436 g/mol. The summed E-state index contributed by atoms with van der Waals surface area (Å²) in [6, 6.07) is -3.74. The zero-order valence-electron chi connectivity index (χ0n) is 16.7. The highest BCUT2D eigenvalue weighted by molar-refractivity contribution is 7.98. The third-order valence-electron chi connectivity index (χ3n) is 4.25. The van der Waals surface area contributed by atoms with Gasteiger partial charge in [-0.1, -0.05) is 20.3 Å². The summed E-state index contributed by atoms with van der Waals surface area (Å²) in [6.07, 6.45) is 2.70. The van der Waals surface area contributed by atoms with Crippen LogP contribution >= 0.6 is 24.4 Å². The van der Waals surface area contributed by atoms with Crippen LogP contribution in [0.4, 0.5) is 0 Å². The molecule has 28 heavy (non-hydrogen) atoms. The van der Waals surface area contributed by atoms with E-state index in [0.717, 1.165) is 0 Å². The molecule has 0 bridgehead atoms. The molecule has 5 unspecified atom stereocenters. The van der Waals surface area contributed by atoms with Crippen LogP contribution in [0.1, 0.15) is 33.6 Å². The normalized spacial score (nSPS) is 16.2. The Labute approximate surface area is 175 Å². The van der Waals surface area contributed by atoms with E-state index in [-0.39, 0.29) is 18.1 Å². The van der Waals surface area contributed by atoms with Crippen molar-refractivity contribution in [3.8, 4) is 0 Å². The fraction of sp³-hybridized carbons (Fsp3) is 0.765. The molecule has 11 heteroatoms. The second-order valence-corrected chi connectivity index (χ2v) is 7.94. The van der Waals surface area contributed by atoms with Crippen LogP contribution in [-0.2, 0) is 19.2 Å². The first kappa shape index (κ1) is 26.5. The Hall–Kier alpha value is -1.46. The van der Waals surface area contributed by atoms with Gasteiger partial charge in [0.1, 0.15) is 18.1 Å². The Morgan fingerprint density at radius 1 is 1.04 bits per heavy atom. The van der Waals surface area contributed by atoms with E-state index < -0.39 is 47.9 Å². The minimum atomic E-state index is -1.13. The molecule has 0 aromatic heterocycles. The van der Waals surface area contributed by atoms with Gasteiger partial charge in [-0.2, -0.15) is 24.4 Å². The van der Waals surface area contributed by atoms with E-state index in [1.807, 2.05) is 13.2 Å². The summed E-state index contributed by atoms with van der Waals surface area (Å²) >= 11 is 5.55. The first-order valence-electron chi connectivity index (χ1n) is 9.08. The Kier molecular flexibility index (Phi) is 13.0. The average Bonchev–Trinajstić information content (AvgIpc) is 2.65. The van der Waals surface area contributed by atoms with Gasteiger partial charge >= 0.3 is 5.97 Å². The molecule has 162 valence electrons. The highest BCUT2D eigenvalue weighted by atomic mass is 32.2. The summed E-state index contributed by atoms with van der Waals surface area (Å²) in [5, 5.41) is 16.9. The van der Waals surface area contributed by atoms with Crippen molar-refractivity contribution in [2.75, 3.05) is 17.8 Å². The number of thiol groups is 1. The van der Waals surface area contributed by atoms with Crippen molar-refractivity contribution in [3.05, 3.63) is 0 Å². The van der Waals surface area contributed by atoms with Gasteiger partial charge in [0.2, 0.25) is 17.7 Å². The van der Waals surface area contributed by atoms with Gasteiger partial charge in [-0.05, 0) is 31.3 Å². The number of carbonyl (C=O) groups is 4. The van der Waals surface area contributed by atoms with Gasteiger partial charge < -0.3 is 26.8 Å². The topological polar surface area (TPSA) is 151 Å². The van der Waals surface area contributed by atoms with E-state index in [1.54, 1.807) is 6.92 Å². The number of amides is 3. The number of nitrogens with two attached hydrogens (primary N) is 1. The fourth-order valence-corrected chi connectivity index (χ4v) is 2.94. The maximum absolute atomic E-state index is 12.7. The van der Waals surface area contributed by atoms with Crippen molar-refractivity contribution in [3.63, 3.8) is 0 Å². The highest BCUT2D eigenvalue weighted by Gasteiger charge is 2.31. The molecular weight excluding hydrogens is 404 g/mol. The molecule has 9 nitrogen and oxygen atoms in total. The zero-order chi connectivity index (χ0) is 21.9. The quantitative estimate of drug-likeness (QED) is 0.215. The predicted molar refractivity (Wildman–Crippen MR) is 113 cm³/mol. The standard InChI is InChI=1S/C17H32N4O5S2/c1-5-9(2)13(16(24)19-11(17(25)26)6-7-28-4)21-15(23)12(8-27)20-14(22)10(3)18/h9-13,27H,5-8,18H2,1-4H3,(H,19,24)(H,20,22)(H,21,23)(H,25,26). The lowest BCUT2D eigenvalue weighted by molar-refractivity contribution is -0.142. The fourth-order valence-electron chi connectivity index (χ4n) is 2.21. The molecule has 0 spiro atoms. The van der Waals surface area contributed by atoms with Crippen molar-refractivity contribution in [2.24, 2.45) is 11.7 Å². The van der Waals surface area contributed by atoms with Crippen LogP contribution in [0, 0.1) is 5.92 Å². The lowest BCUT2D eigenvalue weighted by Gasteiger charge is -2.27. The van der Waals surface area contributed by atoms with Crippen LogP contribution in [0.15, 0.2) is 0 Å². The number of carboxylic acid groups (broad SMARTS) is 1. The van der Waals surface area contributed by atoms with Gasteiger partial charge in [-0.3, -0.25) is 14.4 Å². The molecule has 6 N–H and O–H groups in total. The van der Waals surface area contributed by atoms with E-state index in [2.05, 4.69) is 28.6 Å². The Morgan fingerprint density at radius 3 is 2.04 bits per heavy atom. The summed E-state index contributed by atoms with van der Waals surface area (Å²) in [6.45, 7) is 5.12. The molecule has 3 amide bonds. The molecule has 5 atom stereocenters. The third-order valence-corrected chi connectivity index (χ3v) is 5.26. The maximum atomic E-state index is 12.7. The minimum absolute atomic E-state index is 0.0185. The number of carbonyl (C=O) groups excluding carboxylic acids is 3. The van der Waals surface area contributed by atoms with Crippen molar-refractivity contribution in [2.45, 2.75) is 57.8 Å². The molecule has 0 heterocycles. The second kappa shape index (κ2) is 13.7. The highest BCUT2D eigenvalue weighted by Crippen LogP contribution is 2.10. The summed E-state index contributed by atoms with van der Waals surface area (Å²) in [5.41, 5.74) is 5.49. The number of rotatable bonds is 13. The SMILES string of the molecule is CCC(C)C(NC(=O)C(CS)NC(=O)C(C)N)C(=O)NC(CCSC)C(=O)O. The van der Waals surface area contributed by atoms with Crippen LogP contribution in [0.2, 0.25) is 0 Å². The third kappa shape index (κ3) is 9.16. The smallest absolute Gasteiger partial charge is 0.326 e. The van der Waals surface area contributed by atoms with E-state index in [9.17, 15) is 24.3 Å². The van der Waals surface area contributed by atoms with E-state index in [1.165, 1.54) is 18.7 Å². The minimum Gasteiger partial charge on any atom is -0.480 e. The van der Waals surface area contributed by atoms with Crippen LogP contribution in [-0.4, -0.2) is 70.7 Å². The average molecular weight is 437 g/mol. The molecule has 0 aliphatic carbocycles. The van der Waals surface area contributed by atoms with E-state index in [4.69, 9.17) is 5.73 Å². The molecule has 0 saturated heterocycles. The number of thioether (sulfide) groups is 1. The van der Waals surface area contributed by atoms with Crippen LogP contribution in [0.25, 0.3) is 0 Å². The molecule has 0 fully saturated rings. The number of hydrogen-bond donors (Lipinski definition) is 6. The number of carboxylic acids is 1. The van der Waals surface area contributed by atoms with Crippen molar-refractivity contribution < 1.29 is 24.3 Å². The first-order valence-corrected chi connectivity index (χ1v) is 11.1. The summed E-state index contributed by atoms with van der Waals surface area (Å²) < 4.78 is 0. The van der Waals surface area contributed by atoms with E-state index >= 15 is 0 Å². The van der Waals surface area contributed by atoms with Gasteiger partial charge in [-0.15, -0.1) is 0 Å². The van der Waals surface area contributed by atoms with Crippen molar-refractivity contribution >= 4 is 48.1 Å². The zero-order valence-corrected chi connectivity index (χ0v) is 18.4. The van der Waals surface area contributed by atoms with Crippen molar-refractivity contribution in [1.29, 1.82) is 0 Å². The largest absolute Gasteiger partial charge is 0.480 e. The maximum Gasteiger partial charge on any atom is 0.326 e. The molecule has 0 radical (unpaired) electrons. The van der Waals surface area contributed by atoms with E-state index in [0.29, 0.717) is 12.2 Å². The van der Waals surface area contributed by atoms with Gasteiger partial charge in [0, 0.05) is 5.75 Å². The van der Waals surface area contributed by atoms with Crippen LogP contribution in [0.3, 0.4) is 0 Å². The molecule has 0 aliphatic heterocycles. The van der Waals surface area contributed by atoms with Gasteiger partial charge in [0.25, 0.3) is 0 Å². The predicted octanol–water partition coefficient (Wildman–Crippen LogP) is -0.398. The number of aliphatic carboxylic acids is 1. The Morgan fingerprint density at radius 2 is 1.61 bits per heavy atom. The van der Waals surface area contributed by atoms with Crippen LogP contribution < -0.4 is 21.7 Å². The Balaban J connectivity index is 5.23. The molecule has 0 aromatic rings. The summed E-state index contributed by atoms with van der Waals surface area (Å²) in [5.74, 6) is -2.46. The van der Waals surface area contributed by atoms with Gasteiger partial charge in [-0.25, -0.2) is 4.79 Å². The molecular formula is C17H32N4O5S2. The number of nitrogens with one attached hydrogen (secondary N) is 3. The summed E-state index contributed by atoms with van der Waals surface area (Å²) in [7, 11) is 0. The summed E-state index contributed by atoms with van der Waals surface area (Å²) in [4.78, 5) is 48.4. The molecule has 0 aromatic carbocycles. The molecule has 0 rings (SSSR count). The van der Waals surface area contributed by atoms with Crippen molar-refractivity contribution in [1.82, 2.24) is 16.0 Å². The molecule has 0 saturated carbocycles. The van der Waals surface area contributed by atoms with Gasteiger partial charge in [0.05, 0.1) is 6.04 Å². The first-order chi connectivity index (χ1) is 13.1. The number of hydrogen-bond acceptors (Lipinski definition) is 7. The second-order valence-electron chi connectivity index (χ2n) is 6.59. The van der Waals surface area contributed by atoms with Crippen LogP contribution in [0.5, 0.6) is 0 Å².